The van der Waals surface area contributed by atoms with Crippen LogP contribution in [0.1, 0.15) is 43.3 Å². The molecule has 0 aliphatic rings. The minimum Gasteiger partial charge on any atom is -0.484 e. The Labute approximate surface area is 188 Å². The summed E-state index contributed by atoms with van der Waals surface area (Å²) < 4.78 is 7.59. The summed E-state index contributed by atoms with van der Waals surface area (Å²) in [5.41, 5.74) is 8.11. The number of nitrogens with one attached hydrogen (secondary N) is 1. The molecule has 3 rings (SSSR count). The summed E-state index contributed by atoms with van der Waals surface area (Å²) in [5.74, 6) is 0.238. The van der Waals surface area contributed by atoms with Gasteiger partial charge < -0.3 is 9.30 Å². The topological polar surface area (TPSA) is 55.6 Å². The predicted octanol–water partition coefficient (Wildman–Crippen LogP) is 5.57. The van der Waals surface area contributed by atoms with Gasteiger partial charge in [0.1, 0.15) is 5.75 Å². The highest BCUT2D eigenvalue weighted by atomic mass is 35.5. The van der Waals surface area contributed by atoms with Gasteiger partial charge in [-0.05, 0) is 67.3 Å². The summed E-state index contributed by atoms with van der Waals surface area (Å²) in [6.45, 7) is 10.6. The van der Waals surface area contributed by atoms with Crippen molar-refractivity contribution in [3.63, 3.8) is 0 Å². The van der Waals surface area contributed by atoms with Gasteiger partial charge in [-0.1, -0.05) is 44.5 Å². The number of aromatic nitrogens is 1. The zero-order valence-electron chi connectivity index (χ0n) is 18.6. The summed E-state index contributed by atoms with van der Waals surface area (Å²) in [6, 6.07) is 17.5. The van der Waals surface area contributed by atoms with Gasteiger partial charge >= 0.3 is 0 Å². The van der Waals surface area contributed by atoms with Crippen molar-refractivity contribution < 1.29 is 9.53 Å². The molecule has 0 saturated heterocycles. The normalized spacial score (nSPS) is 11.7. The van der Waals surface area contributed by atoms with Gasteiger partial charge in [-0.2, -0.15) is 5.10 Å². The van der Waals surface area contributed by atoms with Gasteiger partial charge in [0, 0.05) is 27.7 Å². The molecule has 0 fully saturated rings. The van der Waals surface area contributed by atoms with Crippen LogP contribution in [0.2, 0.25) is 5.02 Å². The Morgan fingerprint density at radius 1 is 1.10 bits per heavy atom. The van der Waals surface area contributed by atoms with Gasteiger partial charge in [-0.25, -0.2) is 5.43 Å². The molecule has 3 aromatic rings. The Balaban J connectivity index is 1.64. The van der Waals surface area contributed by atoms with Crippen LogP contribution in [0.3, 0.4) is 0 Å². The number of halogens is 1. The van der Waals surface area contributed by atoms with Gasteiger partial charge in [-0.3, -0.25) is 4.79 Å². The van der Waals surface area contributed by atoms with Crippen LogP contribution in [0.25, 0.3) is 5.69 Å². The Morgan fingerprint density at radius 2 is 1.74 bits per heavy atom. The number of nitrogens with zero attached hydrogens (tertiary/aromatic N) is 2. The van der Waals surface area contributed by atoms with Gasteiger partial charge in [0.25, 0.3) is 5.91 Å². The maximum Gasteiger partial charge on any atom is 0.277 e. The maximum atomic E-state index is 12.0. The molecule has 1 aromatic heterocycles. The minimum absolute atomic E-state index is 0.118. The molecule has 0 aliphatic heterocycles. The van der Waals surface area contributed by atoms with Crippen LogP contribution in [-0.4, -0.2) is 23.3 Å². The summed E-state index contributed by atoms with van der Waals surface area (Å²) in [6.07, 6.45) is 1.66. The number of hydrogen-bond donors (Lipinski definition) is 1. The van der Waals surface area contributed by atoms with Crippen molar-refractivity contribution in [3.8, 4) is 11.4 Å². The highest BCUT2D eigenvalue weighted by Crippen LogP contribution is 2.25. The van der Waals surface area contributed by atoms with Crippen molar-refractivity contribution >= 4 is 23.7 Å². The third kappa shape index (κ3) is 5.76. The fourth-order valence-corrected chi connectivity index (χ4v) is 3.44. The van der Waals surface area contributed by atoms with Crippen LogP contribution >= 0.6 is 11.6 Å². The lowest BCUT2D eigenvalue weighted by Crippen LogP contribution is -2.24. The molecule has 2 aromatic carbocycles. The molecule has 1 N–H and O–H groups in total. The highest BCUT2D eigenvalue weighted by Gasteiger charge is 2.14. The average Bonchev–Trinajstić information content (AvgIpc) is 3.00. The monoisotopic (exact) mass is 437 g/mol. The van der Waals surface area contributed by atoms with E-state index in [1.54, 1.807) is 30.5 Å². The number of carbonyl (C=O) groups excluding carboxylic acids is 1. The number of ether oxygens (including phenoxy) is 1. The fourth-order valence-electron chi connectivity index (χ4n) is 3.31. The quantitative estimate of drug-likeness (QED) is 0.404. The van der Waals surface area contributed by atoms with E-state index < -0.39 is 0 Å². The molecule has 0 aliphatic carbocycles. The van der Waals surface area contributed by atoms with Crippen LogP contribution in [0.4, 0.5) is 0 Å². The summed E-state index contributed by atoms with van der Waals surface area (Å²) in [7, 11) is 0. The molecule has 5 nitrogen and oxygen atoms in total. The molecule has 0 spiro atoms. The van der Waals surface area contributed by atoms with Crippen molar-refractivity contribution in [1.82, 2.24) is 9.99 Å². The molecule has 0 radical (unpaired) electrons. The largest absolute Gasteiger partial charge is 0.484 e. The number of benzene rings is 2. The first-order chi connectivity index (χ1) is 14.6. The third-order valence-electron chi connectivity index (χ3n) is 5.04. The first kappa shape index (κ1) is 22.6. The van der Waals surface area contributed by atoms with Crippen molar-refractivity contribution in [2.45, 2.75) is 40.0 Å². The number of hydrogen-bond acceptors (Lipinski definition) is 3. The second kappa shape index (κ2) is 9.40. The third-order valence-corrected chi connectivity index (χ3v) is 5.29. The summed E-state index contributed by atoms with van der Waals surface area (Å²) >= 11 is 5.83. The molecule has 1 amide bonds. The van der Waals surface area contributed by atoms with Gasteiger partial charge in [0.05, 0.1) is 6.21 Å². The fraction of sp³-hybridized carbons (Fsp3) is 0.280. The molecule has 1 heterocycles. The number of aryl methyl sites for hydroxylation is 1. The van der Waals surface area contributed by atoms with E-state index >= 15 is 0 Å². The van der Waals surface area contributed by atoms with Crippen LogP contribution < -0.4 is 10.2 Å². The molecular formula is C25H28ClN3O2. The second-order valence-electron chi connectivity index (χ2n) is 8.49. The Kier molecular flexibility index (Phi) is 6.86. The predicted molar refractivity (Wildman–Crippen MR) is 127 cm³/mol. The van der Waals surface area contributed by atoms with E-state index in [-0.39, 0.29) is 17.9 Å². The smallest absolute Gasteiger partial charge is 0.277 e. The molecule has 0 atom stereocenters. The zero-order chi connectivity index (χ0) is 22.6. The van der Waals surface area contributed by atoms with E-state index in [1.807, 2.05) is 13.0 Å². The second-order valence-corrected chi connectivity index (χ2v) is 8.93. The lowest BCUT2D eigenvalue weighted by atomic mass is 9.87. The van der Waals surface area contributed by atoms with Crippen LogP contribution in [0, 0.1) is 13.8 Å². The van der Waals surface area contributed by atoms with Gasteiger partial charge in [-0.15, -0.1) is 0 Å². The molecule has 0 saturated carbocycles. The molecule has 0 unspecified atom stereocenters. The first-order valence-corrected chi connectivity index (χ1v) is 10.5. The number of hydrazone groups is 1. The van der Waals surface area contributed by atoms with Gasteiger partial charge in [0.15, 0.2) is 6.61 Å². The van der Waals surface area contributed by atoms with E-state index in [9.17, 15) is 4.79 Å². The van der Waals surface area contributed by atoms with Crippen molar-refractivity contribution in [3.05, 3.63) is 82.1 Å². The Morgan fingerprint density at radius 3 is 2.35 bits per heavy atom. The van der Waals surface area contributed by atoms with Gasteiger partial charge in [0.2, 0.25) is 0 Å². The molecular weight excluding hydrogens is 410 g/mol. The number of carbonyl (C=O) groups is 1. The molecule has 0 bridgehead atoms. The molecule has 6 heteroatoms. The van der Waals surface area contributed by atoms with E-state index in [0.717, 1.165) is 22.6 Å². The lowest BCUT2D eigenvalue weighted by Gasteiger charge is -2.20. The van der Waals surface area contributed by atoms with E-state index in [1.165, 1.54) is 5.56 Å². The standard InChI is InChI=1S/C25H28ClN3O2/c1-17-14-19(15-27-28-24(30)16-31-23-12-8-21(26)9-13-23)18(2)29(17)22-10-6-20(7-11-22)25(3,4)5/h6-15H,16H2,1-5H3,(H,28,30)/b27-15-. The SMILES string of the molecule is Cc1cc(/C=N\NC(=O)COc2ccc(Cl)cc2)c(C)n1-c1ccc(C(C)(C)C)cc1. The van der Waals surface area contributed by atoms with Crippen molar-refractivity contribution in [1.29, 1.82) is 0 Å². The van der Waals surface area contributed by atoms with E-state index in [4.69, 9.17) is 16.3 Å². The van der Waals surface area contributed by atoms with E-state index in [2.05, 4.69) is 67.1 Å². The average molecular weight is 438 g/mol. The minimum atomic E-state index is -0.335. The highest BCUT2D eigenvalue weighted by molar-refractivity contribution is 6.30. The van der Waals surface area contributed by atoms with Crippen molar-refractivity contribution in [2.75, 3.05) is 6.61 Å². The zero-order valence-corrected chi connectivity index (χ0v) is 19.3. The Bertz CT molecular complexity index is 1080. The van der Waals surface area contributed by atoms with Crippen LogP contribution in [0.5, 0.6) is 5.75 Å². The Hall–Kier alpha value is -3.05. The molecule has 162 valence electrons. The van der Waals surface area contributed by atoms with Crippen LogP contribution in [-0.2, 0) is 10.2 Å². The summed E-state index contributed by atoms with van der Waals surface area (Å²) in [4.78, 5) is 12.0. The number of amides is 1. The van der Waals surface area contributed by atoms with E-state index in [0.29, 0.717) is 10.8 Å². The lowest BCUT2D eigenvalue weighted by molar-refractivity contribution is -0.123. The maximum absolute atomic E-state index is 12.0. The van der Waals surface area contributed by atoms with Crippen LogP contribution in [0.15, 0.2) is 59.7 Å². The summed E-state index contributed by atoms with van der Waals surface area (Å²) in [5, 5.41) is 4.70. The molecule has 31 heavy (non-hydrogen) atoms. The number of rotatable bonds is 6. The first-order valence-electron chi connectivity index (χ1n) is 10.2. The van der Waals surface area contributed by atoms with Crippen molar-refractivity contribution in [2.24, 2.45) is 5.10 Å².